The molecule has 0 saturated heterocycles. The highest BCUT2D eigenvalue weighted by atomic mass is 35.5. The molecule has 3 aromatic rings. The molecule has 0 fully saturated rings. The van der Waals surface area contributed by atoms with Crippen LogP contribution in [0.5, 0.6) is 0 Å². The summed E-state index contributed by atoms with van der Waals surface area (Å²) in [6, 6.07) is 9.72. The zero-order valence-electron chi connectivity index (χ0n) is 11.1. The molecule has 108 valence electrons. The Morgan fingerprint density at radius 1 is 1.19 bits per heavy atom. The minimum atomic E-state index is 0.573. The summed E-state index contributed by atoms with van der Waals surface area (Å²) in [4.78, 5) is 1.12. The first-order chi connectivity index (χ1) is 10.1. The normalized spacial score (nSPS) is 11.0. The van der Waals surface area contributed by atoms with Gasteiger partial charge in [0.25, 0.3) is 0 Å². The van der Waals surface area contributed by atoms with Crippen LogP contribution in [0.4, 0.5) is 0 Å². The van der Waals surface area contributed by atoms with Crippen LogP contribution < -0.4 is 0 Å². The molecule has 0 N–H and O–H groups in total. The molecular weight excluding hydrogens is 345 g/mol. The van der Waals surface area contributed by atoms with E-state index in [-0.39, 0.29) is 0 Å². The van der Waals surface area contributed by atoms with E-state index in [9.17, 15) is 0 Å². The van der Waals surface area contributed by atoms with E-state index in [1.54, 1.807) is 23.1 Å². The molecular formula is C14H11Cl2N3S2. The average Bonchev–Trinajstić information content (AvgIpc) is 3.10. The summed E-state index contributed by atoms with van der Waals surface area (Å²) < 4.78 is 2.01. The Kier molecular flexibility index (Phi) is 4.54. The van der Waals surface area contributed by atoms with Crippen LogP contribution in [0.2, 0.25) is 10.0 Å². The predicted octanol–water partition coefficient (Wildman–Crippen LogP) is 5.14. The Labute approximate surface area is 140 Å². The van der Waals surface area contributed by atoms with Crippen LogP contribution >= 0.6 is 46.3 Å². The Bertz CT molecular complexity index is 754. The topological polar surface area (TPSA) is 30.7 Å². The molecule has 0 aliphatic rings. The molecule has 0 bridgehead atoms. The molecule has 3 nitrogen and oxygen atoms in total. The third-order valence-electron chi connectivity index (χ3n) is 2.93. The number of aromatic nitrogens is 3. The van der Waals surface area contributed by atoms with Gasteiger partial charge in [-0.3, -0.25) is 0 Å². The third kappa shape index (κ3) is 3.26. The molecule has 2 heterocycles. The van der Waals surface area contributed by atoms with Gasteiger partial charge in [-0.05, 0) is 29.1 Å². The minimum absolute atomic E-state index is 0.573. The Balaban J connectivity index is 1.75. The first kappa shape index (κ1) is 14.9. The van der Waals surface area contributed by atoms with E-state index in [2.05, 4.69) is 10.2 Å². The summed E-state index contributed by atoms with van der Waals surface area (Å²) in [6.07, 6.45) is 0. The third-order valence-corrected chi connectivity index (χ3v) is 5.62. The molecule has 0 saturated carbocycles. The van der Waals surface area contributed by atoms with Gasteiger partial charge in [0.05, 0.1) is 14.9 Å². The quantitative estimate of drug-likeness (QED) is 0.606. The zero-order valence-corrected chi connectivity index (χ0v) is 14.2. The monoisotopic (exact) mass is 355 g/mol. The molecule has 7 heteroatoms. The second-order valence-corrected chi connectivity index (χ2v) is 7.08. The smallest absolute Gasteiger partial charge is 0.191 e. The molecule has 0 unspecified atom stereocenters. The van der Waals surface area contributed by atoms with Gasteiger partial charge in [0.15, 0.2) is 11.0 Å². The maximum absolute atomic E-state index is 6.03. The van der Waals surface area contributed by atoms with Crippen LogP contribution in [0.3, 0.4) is 0 Å². The number of hydrogen-bond acceptors (Lipinski definition) is 4. The van der Waals surface area contributed by atoms with Crippen LogP contribution in [0.15, 0.2) is 40.9 Å². The lowest BCUT2D eigenvalue weighted by Crippen LogP contribution is -1.93. The largest absolute Gasteiger partial charge is 0.304 e. The number of thioether (sulfide) groups is 1. The first-order valence-corrected chi connectivity index (χ1v) is 8.77. The van der Waals surface area contributed by atoms with Crippen LogP contribution in [0.1, 0.15) is 5.56 Å². The van der Waals surface area contributed by atoms with Gasteiger partial charge >= 0.3 is 0 Å². The average molecular weight is 356 g/mol. The van der Waals surface area contributed by atoms with Crippen molar-refractivity contribution in [2.24, 2.45) is 7.05 Å². The SMILES string of the molecule is Cn1c(SCc2ccc(Cl)c(Cl)c2)nnc1-c1cccs1. The van der Waals surface area contributed by atoms with Crippen molar-refractivity contribution < 1.29 is 0 Å². The number of thiophene rings is 1. The fraction of sp³-hybridized carbons (Fsp3) is 0.143. The van der Waals surface area contributed by atoms with Gasteiger partial charge in [0.1, 0.15) is 0 Å². The number of hydrogen-bond donors (Lipinski definition) is 0. The van der Waals surface area contributed by atoms with Crippen LogP contribution in [-0.4, -0.2) is 14.8 Å². The maximum atomic E-state index is 6.03. The lowest BCUT2D eigenvalue weighted by atomic mass is 10.2. The predicted molar refractivity (Wildman–Crippen MR) is 90.3 cm³/mol. The second-order valence-electron chi connectivity index (χ2n) is 4.38. The second kappa shape index (κ2) is 6.40. The Morgan fingerprint density at radius 2 is 2.05 bits per heavy atom. The molecule has 0 aliphatic heterocycles. The maximum Gasteiger partial charge on any atom is 0.191 e. The lowest BCUT2D eigenvalue weighted by Gasteiger charge is -2.04. The molecule has 0 spiro atoms. The summed E-state index contributed by atoms with van der Waals surface area (Å²) >= 11 is 15.2. The molecule has 0 amide bonds. The highest BCUT2D eigenvalue weighted by Gasteiger charge is 2.12. The van der Waals surface area contributed by atoms with Crippen LogP contribution in [0.25, 0.3) is 10.7 Å². The highest BCUT2D eigenvalue weighted by molar-refractivity contribution is 7.98. The van der Waals surface area contributed by atoms with Gasteiger partial charge in [-0.2, -0.15) is 0 Å². The number of benzene rings is 1. The number of rotatable bonds is 4. The van der Waals surface area contributed by atoms with Crippen molar-refractivity contribution in [1.29, 1.82) is 0 Å². The van der Waals surface area contributed by atoms with Crippen LogP contribution in [0, 0.1) is 0 Å². The Hall–Kier alpha value is -1.01. The van der Waals surface area contributed by atoms with E-state index in [1.165, 1.54) is 0 Å². The molecule has 0 radical (unpaired) electrons. The molecule has 3 rings (SSSR count). The zero-order chi connectivity index (χ0) is 14.8. The van der Waals surface area contributed by atoms with Crippen molar-refractivity contribution in [3.63, 3.8) is 0 Å². The first-order valence-electron chi connectivity index (χ1n) is 6.15. The summed E-state index contributed by atoms with van der Waals surface area (Å²) in [5.41, 5.74) is 1.11. The van der Waals surface area contributed by atoms with Gasteiger partial charge in [-0.15, -0.1) is 21.5 Å². The Morgan fingerprint density at radius 3 is 2.76 bits per heavy atom. The van der Waals surface area contributed by atoms with Crippen LogP contribution in [-0.2, 0) is 12.8 Å². The van der Waals surface area contributed by atoms with Crippen molar-refractivity contribution in [2.75, 3.05) is 0 Å². The molecule has 2 aromatic heterocycles. The fourth-order valence-electron chi connectivity index (χ4n) is 1.84. The number of halogens is 2. The summed E-state index contributed by atoms with van der Waals surface area (Å²) in [7, 11) is 1.98. The van der Waals surface area contributed by atoms with Crippen molar-refractivity contribution >= 4 is 46.3 Å². The van der Waals surface area contributed by atoms with E-state index in [0.29, 0.717) is 10.0 Å². The number of nitrogens with zero attached hydrogens (tertiary/aromatic N) is 3. The highest BCUT2D eigenvalue weighted by Crippen LogP contribution is 2.29. The van der Waals surface area contributed by atoms with Gasteiger partial charge < -0.3 is 4.57 Å². The van der Waals surface area contributed by atoms with E-state index >= 15 is 0 Å². The van der Waals surface area contributed by atoms with E-state index in [4.69, 9.17) is 23.2 Å². The fourth-order valence-corrected chi connectivity index (χ4v) is 3.76. The molecule has 0 atom stereocenters. The summed E-state index contributed by atoms with van der Waals surface area (Å²) in [5.74, 6) is 1.66. The van der Waals surface area contributed by atoms with Crippen molar-refractivity contribution in [2.45, 2.75) is 10.9 Å². The van der Waals surface area contributed by atoms with Crippen molar-refractivity contribution in [3.8, 4) is 10.7 Å². The standard InChI is InChI=1S/C14H11Cl2N3S2/c1-19-13(12-3-2-6-20-12)17-18-14(19)21-8-9-4-5-10(15)11(16)7-9/h2-7H,8H2,1H3. The van der Waals surface area contributed by atoms with Crippen molar-refractivity contribution in [1.82, 2.24) is 14.8 Å². The van der Waals surface area contributed by atoms with Gasteiger partial charge in [-0.1, -0.05) is 47.1 Å². The van der Waals surface area contributed by atoms with Crippen molar-refractivity contribution in [3.05, 3.63) is 51.3 Å². The van der Waals surface area contributed by atoms with E-state index in [0.717, 1.165) is 27.2 Å². The van der Waals surface area contributed by atoms with E-state index in [1.807, 2.05) is 47.3 Å². The van der Waals surface area contributed by atoms with Gasteiger partial charge in [0, 0.05) is 12.8 Å². The van der Waals surface area contributed by atoms with Gasteiger partial charge in [0.2, 0.25) is 0 Å². The summed E-state index contributed by atoms with van der Waals surface area (Å²) in [5, 5.41) is 12.6. The summed E-state index contributed by atoms with van der Waals surface area (Å²) in [6.45, 7) is 0. The molecule has 1 aromatic carbocycles. The molecule has 0 aliphatic carbocycles. The van der Waals surface area contributed by atoms with Gasteiger partial charge in [-0.25, -0.2) is 0 Å². The minimum Gasteiger partial charge on any atom is -0.304 e. The lowest BCUT2D eigenvalue weighted by molar-refractivity contribution is 0.794. The van der Waals surface area contributed by atoms with E-state index < -0.39 is 0 Å². The molecule has 21 heavy (non-hydrogen) atoms.